The van der Waals surface area contributed by atoms with Gasteiger partial charge in [-0.2, -0.15) is 0 Å². The minimum atomic E-state index is -1.10. The van der Waals surface area contributed by atoms with Crippen LogP contribution in [0.4, 0.5) is 8.78 Å². The molecule has 0 saturated carbocycles. The van der Waals surface area contributed by atoms with Gasteiger partial charge in [0, 0.05) is 12.0 Å². The van der Waals surface area contributed by atoms with Gasteiger partial charge in [-0.25, -0.2) is 8.78 Å². The van der Waals surface area contributed by atoms with Gasteiger partial charge in [0.25, 0.3) is 0 Å². The molecule has 0 radical (unpaired) electrons. The first-order valence-corrected chi connectivity index (χ1v) is 6.97. The lowest BCUT2D eigenvalue weighted by atomic mass is 9.92. The average Bonchev–Trinajstić information content (AvgIpc) is 2.50. The van der Waals surface area contributed by atoms with Crippen molar-refractivity contribution in [1.29, 1.82) is 0 Å². The number of hydrogen-bond acceptors (Lipinski definition) is 2. The lowest BCUT2D eigenvalue weighted by Gasteiger charge is -2.28. The Morgan fingerprint density at radius 3 is 2.86 bits per heavy atom. The normalized spacial score (nSPS) is 19.1. The Labute approximate surface area is 122 Å². The van der Waals surface area contributed by atoms with E-state index in [1.807, 2.05) is 24.3 Å². The summed E-state index contributed by atoms with van der Waals surface area (Å²) < 4.78 is 32.6. The predicted octanol–water partition coefficient (Wildman–Crippen LogP) is 3.70. The van der Waals surface area contributed by atoms with Crippen molar-refractivity contribution < 1.29 is 18.6 Å². The number of halogens is 2. The van der Waals surface area contributed by atoms with E-state index in [-0.39, 0.29) is 18.1 Å². The number of benzene rings is 2. The maximum atomic E-state index is 13.7. The molecule has 2 unspecified atom stereocenters. The quantitative estimate of drug-likeness (QED) is 0.934. The van der Waals surface area contributed by atoms with E-state index in [2.05, 4.69) is 0 Å². The summed E-state index contributed by atoms with van der Waals surface area (Å²) in [6.45, 7) is 0.569. The Kier molecular flexibility index (Phi) is 3.99. The van der Waals surface area contributed by atoms with E-state index in [0.29, 0.717) is 6.61 Å². The molecule has 3 rings (SSSR count). The zero-order valence-corrected chi connectivity index (χ0v) is 11.4. The number of aliphatic hydroxyl groups excluding tert-OH is 1. The van der Waals surface area contributed by atoms with E-state index >= 15 is 0 Å². The van der Waals surface area contributed by atoms with E-state index in [1.54, 1.807) is 0 Å². The number of hydrogen-bond donors (Lipinski definition) is 1. The second kappa shape index (κ2) is 5.92. The molecule has 110 valence electrons. The van der Waals surface area contributed by atoms with E-state index in [4.69, 9.17) is 4.74 Å². The van der Waals surface area contributed by atoms with Gasteiger partial charge in [-0.3, -0.25) is 0 Å². The van der Waals surface area contributed by atoms with E-state index in [1.165, 1.54) is 5.56 Å². The van der Waals surface area contributed by atoms with E-state index in [9.17, 15) is 13.9 Å². The van der Waals surface area contributed by atoms with E-state index < -0.39 is 17.7 Å². The van der Waals surface area contributed by atoms with Gasteiger partial charge in [-0.1, -0.05) is 24.3 Å². The van der Waals surface area contributed by atoms with Crippen LogP contribution in [0.25, 0.3) is 0 Å². The van der Waals surface area contributed by atoms with Crippen molar-refractivity contribution in [3.8, 4) is 0 Å². The molecule has 2 aromatic rings. The van der Waals surface area contributed by atoms with Crippen molar-refractivity contribution in [2.24, 2.45) is 0 Å². The van der Waals surface area contributed by atoms with Crippen molar-refractivity contribution in [2.45, 2.75) is 25.0 Å². The molecular formula is C17H16F2O2. The third kappa shape index (κ3) is 2.96. The monoisotopic (exact) mass is 290 g/mol. The summed E-state index contributed by atoms with van der Waals surface area (Å²) in [6, 6.07) is 11.0. The molecule has 0 amide bonds. The molecule has 2 aromatic carbocycles. The molecule has 0 spiro atoms. The summed E-state index contributed by atoms with van der Waals surface area (Å²) in [7, 11) is 0. The maximum absolute atomic E-state index is 13.7. The highest BCUT2D eigenvalue weighted by Gasteiger charge is 2.25. The Hall–Kier alpha value is -1.78. The molecule has 0 fully saturated rings. The number of ether oxygens (including phenoxy) is 1. The van der Waals surface area contributed by atoms with Crippen molar-refractivity contribution in [1.82, 2.24) is 0 Å². The molecule has 1 heterocycles. The van der Waals surface area contributed by atoms with Crippen LogP contribution in [0.1, 0.15) is 35.3 Å². The number of rotatable bonds is 3. The Morgan fingerprint density at radius 1 is 1.19 bits per heavy atom. The zero-order chi connectivity index (χ0) is 14.8. The summed E-state index contributed by atoms with van der Waals surface area (Å²) in [5, 5.41) is 10.2. The third-order valence-corrected chi connectivity index (χ3v) is 3.85. The first kappa shape index (κ1) is 14.2. The standard InChI is InChI=1S/C17H16F2O2/c18-12-5-6-15(19)14(9-12)16(20)10-17-13-4-2-1-3-11(13)7-8-21-17/h1-6,9,16-17,20H,7-8,10H2. The van der Waals surface area contributed by atoms with Crippen LogP contribution in [0.15, 0.2) is 42.5 Å². The van der Waals surface area contributed by atoms with Crippen molar-refractivity contribution in [3.63, 3.8) is 0 Å². The maximum Gasteiger partial charge on any atom is 0.129 e. The van der Waals surface area contributed by atoms with Crippen molar-refractivity contribution >= 4 is 0 Å². The second-order valence-corrected chi connectivity index (χ2v) is 5.23. The molecule has 1 N–H and O–H groups in total. The van der Waals surface area contributed by atoms with Crippen LogP contribution in [0, 0.1) is 11.6 Å². The molecule has 2 nitrogen and oxygen atoms in total. The van der Waals surface area contributed by atoms with E-state index in [0.717, 1.165) is 30.2 Å². The van der Waals surface area contributed by atoms with Crippen LogP contribution >= 0.6 is 0 Å². The molecule has 0 aliphatic carbocycles. The Balaban J connectivity index is 1.82. The average molecular weight is 290 g/mol. The van der Waals surface area contributed by atoms with Gasteiger partial charge < -0.3 is 9.84 Å². The third-order valence-electron chi connectivity index (χ3n) is 3.85. The van der Waals surface area contributed by atoms with Crippen molar-refractivity contribution in [2.75, 3.05) is 6.61 Å². The van der Waals surface area contributed by atoms with Gasteiger partial charge in [0.2, 0.25) is 0 Å². The van der Waals surface area contributed by atoms with Gasteiger partial charge in [-0.15, -0.1) is 0 Å². The van der Waals surface area contributed by atoms with Crippen LogP contribution in [-0.2, 0) is 11.2 Å². The molecule has 0 saturated heterocycles. The fourth-order valence-corrected chi connectivity index (χ4v) is 2.77. The highest BCUT2D eigenvalue weighted by molar-refractivity contribution is 5.31. The predicted molar refractivity (Wildman–Crippen MR) is 74.8 cm³/mol. The molecule has 4 heteroatoms. The smallest absolute Gasteiger partial charge is 0.129 e. The second-order valence-electron chi connectivity index (χ2n) is 5.23. The first-order valence-electron chi connectivity index (χ1n) is 6.97. The number of aliphatic hydroxyl groups is 1. The van der Waals surface area contributed by atoms with Gasteiger partial charge in [0.05, 0.1) is 18.8 Å². The highest BCUT2D eigenvalue weighted by Crippen LogP contribution is 2.35. The summed E-state index contributed by atoms with van der Waals surface area (Å²) in [6.07, 6.45) is -0.362. The molecule has 1 aliphatic rings. The van der Waals surface area contributed by atoms with Crippen LogP contribution in [-0.4, -0.2) is 11.7 Å². The zero-order valence-electron chi connectivity index (χ0n) is 11.4. The fourth-order valence-electron chi connectivity index (χ4n) is 2.77. The van der Waals surface area contributed by atoms with Crippen LogP contribution in [0.5, 0.6) is 0 Å². The van der Waals surface area contributed by atoms with Gasteiger partial charge >= 0.3 is 0 Å². The summed E-state index contributed by atoms with van der Waals surface area (Å²) in [5.41, 5.74) is 2.17. The highest BCUT2D eigenvalue weighted by atomic mass is 19.1. The first-order chi connectivity index (χ1) is 10.1. The number of fused-ring (bicyclic) bond motifs is 1. The van der Waals surface area contributed by atoms with Crippen molar-refractivity contribution in [3.05, 3.63) is 70.8 Å². The van der Waals surface area contributed by atoms with Gasteiger partial charge in [0.1, 0.15) is 11.6 Å². The summed E-state index contributed by atoms with van der Waals surface area (Å²) in [5.74, 6) is -1.16. The molecule has 1 aliphatic heterocycles. The summed E-state index contributed by atoms with van der Waals surface area (Å²) >= 11 is 0. The van der Waals surface area contributed by atoms with Crippen LogP contribution in [0.3, 0.4) is 0 Å². The molecule has 2 atom stereocenters. The fraction of sp³-hybridized carbons (Fsp3) is 0.294. The van der Waals surface area contributed by atoms with Crippen LogP contribution in [0.2, 0.25) is 0 Å². The minimum absolute atomic E-state index is 0.0262. The lowest BCUT2D eigenvalue weighted by Crippen LogP contribution is -2.18. The summed E-state index contributed by atoms with van der Waals surface area (Å²) in [4.78, 5) is 0. The van der Waals surface area contributed by atoms with Gasteiger partial charge in [-0.05, 0) is 35.7 Å². The van der Waals surface area contributed by atoms with Gasteiger partial charge in [0.15, 0.2) is 0 Å². The topological polar surface area (TPSA) is 29.5 Å². The van der Waals surface area contributed by atoms with Crippen LogP contribution < -0.4 is 0 Å². The SMILES string of the molecule is OC(CC1OCCc2ccccc21)c1cc(F)ccc1F. The lowest BCUT2D eigenvalue weighted by molar-refractivity contribution is 0.00297. The molecule has 21 heavy (non-hydrogen) atoms. The largest absolute Gasteiger partial charge is 0.388 e. The Bertz CT molecular complexity index is 642. The Morgan fingerprint density at radius 2 is 2.00 bits per heavy atom. The molecule has 0 bridgehead atoms. The minimum Gasteiger partial charge on any atom is -0.388 e. The molecule has 0 aromatic heterocycles. The molecular weight excluding hydrogens is 274 g/mol.